The summed E-state index contributed by atoms with van der Waals surface area (Å²) in [6.45, 7) is 1.37. The van der Waals surface area contributed by atoms with E-state index in [-0.39, 0.29) is 22.7 Å². The molecule has 148 valence electrons. The quantitative estimate of drug-likeness (QED) is 0.380. The first-order chi connectivity index (χ1) is 13.0. The van der Waals surface area contributed by atoms with Crippen LogP contribution in [0.25, 0.3) is 0 Å². The second kappa shape index (κ2) is 8.31. The summed E-state index contributed by atoms with van der Waals surface area (Å²) in [7, 11) is 0. The molecule has 0 fully saturated rings. The van der Waals surface area contributed by atoms with Gasteiger partial charge in [-0.1, -0.05) is 15.9 Å². The predicted octanol–water partition coefficient (Wildman–Crippen LogP) is 1.01. The van der Waals surface area contributed by atoms with E-state index in [1.165, 1.54) is 18.6 Å². The molecule has 6 nitrogen and oxygen atoms in total. The molecule has 0 amide bonds. The zero-order chi connectivity index (χ0) is 19.0. The number of nitrogens with zero attached hydrogens (tertiary/aromatic N) is 3. The summed E-state index contributed by atoms with van der Waals surface area (Å²) < 4.78 is 3.24. The van der Waals surface area contributed by atoms with Gasteiger partial charge in [-0.3, -0.25) is 14.7 Å². The van der Waals surface area contributed by atoms with Crippen LogP contribution in [0.3, 0.4) is 0 Å². The summed E-state index contributed by atoms with van der Waals surface area (Å²) >= 11 is 3.47. The highest BCUT2D eigenvalue weighted by molar-refractivity contribution is 9.10. The summed E-state index contributed by atoms with van der Waals surface area (Å²) in [5.74, 6) is 1.12. The fourth-order valence-electron chi connectivity index (χ4n) is 4.05. The molecule has 2 aliphatic heterocycles. The van der Waals surface area contributed by atoms with Gasteiger partial charge in [0.25, 0.3) is 17.2 Å². The lowest BCUT2D eigenvalue weighted by Crippen LogP contribution is -3.00. The van der Waals surface area contributed by atoms with Crippen molar-refractivity contribution in [1.29, 1.82) is 0 Å². The average Bonchev–Trinajstić information content (AvgIpc) is 2.79. The van der Waals surface area contributed by atoms with Crippen molar-refractivity contribution in [2.24, 2.45) is 0 Å². The Bertz CT molecular complexity index is 900. The molecule has 0 aromatic heterocycles. The highest BCUT2D eigenvalue weighted by atomic mass is 79.9. The van der Waals surface area contributed by atoms with Crippen LogP contribution >= 0.6 is 15.9 Å². The van der Waals surface area contributed by atoms with Gasteiger partial charge in [-0.2, -0.15) is 4.90 Å². The maximum atomic E-state index is 11.8. The molecule has 2 aliphatic rings. The van der Waals surface area contributed by atoms with Crippen molar-refractivity contribution in [3.8, 4) is 0 Å². The van der Waals surface area contributed by atoms with Crippen LogP contribution in [0, 0.1) is 10.1 Å². The SMILES string of the molecule is O=[N+]([O-])c1ccc(C2(O)C[N+]3=C(CCCCC3)N2c2ccc(Br)cc2)cc1.[Br-]. The van der Waals surface area contributed by atoms with Gasteiger partial charge >= 0.3 is 0 Å². The molecule has 0 bridgehead atoms. The van der Waals surface area contributed by atoms with Crippen molar-refractivity contribution in [1.82, 2.24) is 0 Å². The Morgan fingerprint density at radius 1 is 1.07 bits per heavy atom. The average molecular weight is 511 g/mol. The van der Waals surface area contributed by atoms with Gasteiger partial charge in [-0.05, 0) is 55.7 Å². The number of anilines is 1. The minimum Gasteiger partial charge on any atom is -1.00 e. The van der Waals surface area contributed by atoms with Crippen molar-refractivity contribution in [2.45, 2.75) is 31.4 Å². The number of hydrogen-bond donors (Lipinski definition) is 1. The molecule has 2 aromatic carbocycles. The van der Waals surface area contributed by atoms with Crippen LogP contribution in [0.1, 0.15) is 31.2 Å². The number of halogens is 2. The number of rotatable bonds is 3. The first-order valence-corrected chi connectivity index (χ1v) is 9.92. The number of nitro benzene ring substituents is 1. The zero-order valence-electron chi connectivity index (χ0n) is 15.2. The largest absolute Gasteiger partial charge is 1.00 e. The Kier molecular flexibility index (Phi) is 6.21. The standard InChI is InChI=1S/C20H21BrN3O3.BrH/c21-16-7-11-17(12-8-16)23-19-4-2-1-3-13-22(19)14-20(23,25)15-5-9-18(10-6-15)24(26)27;/h5-12,25H,1-4,13-14H2;1H/q+1;/p-1. The van der Waals surface area contributed by atoms with Crippen molar-refractivity contribution < 1.29 is 31.6 Å². The lowest BCUT2D eigenvalue weighted by atomic mass is 9.99. The zero-order valence-corrected chi connectivity index (χ0v) is 18.4. The second-order valence-corrected chi connectivity index (χ2v) is 8.00. The third kappa shape index (κ3) is 3.73. The normalized spacial score (nSPS) is 21.7. The summed E-state index contributed by atoms with van der Waals surface area (Å²) in [6, 6.07) is 14.1. The fourth-order valence-corrected chi connectivity index (χ4v) is 4.31. The Morgan fingerprint density at radius 3 is 2.39 bits per heavy atom. The highest BCUT2D eigenvalue weighted by Crippen LogP contribution is 2.38. The van der Waals surface area contributed by atoms with Crippen LogP contribution in [0.5, 0.6) is 0 Å². The molecule has 2 heterocycles. The third-order valence-electron chi connectivity index (χ3n) is 5.36. The van der Waals surface area contributed by atoms with Crippen LogP contribution < -0.4 is 21.9 Å². The molecule has 1 N–H and O–H groups in total. The number of hydrogen-bond acceptors (Lipinski definition) is 4. The molecular formula is C20H21Br2N3O3. The predicted molar refractivity (Wildman–Crippen MR) is 107 cm³/mol. The fraction of sp³-hybridized carbons (Fsp3) is 0.350. The van der Waals surface area contributed by atoms with Gasteiger partial charge in [0.05, 0.1) is 11.5 Å². The van der Waals surface area contributed by atoms with E-state index in [9.17, 15) is 15.2 Å². The molecule has 28 heavy (non-hydrogen) atoms. The third-order valence-corrected chi connectivity index (χ3v) is 5.89. The van der Waals surface area contributed by atoms with Crippen molar-refractivity contribution in [3.05, 3.63) is 68.7 Å². The summed E-state index contributed by atoms with van der Waals surface area (Å²) in [5, 5.41) is 22.8. The topological polar surface area (TPSA) is 69.6 Å². The Labute approximate surface area is 182 Å². The summed E-state index contributed by atoms with van der Waals surface area (Å²) in [6.07, 6.45) is 4.29. The van der Waals surface area contributed by atoms with Crippen LogP contribution in [0.4, 0.5) is 11.4 Å². The molecule has 2 aromatic rings. The van der Waals surface area contributed by atoms with Gasteiger partial charge in [-0.25, -0.2) is 0 Å². The number of nitro groups is 1. The Morgan fingerprint density at radius 2 is 1.75 bits per heavy atom. The minimum absolute atomic E-state index is 0. The minimum atomic E-state index is -1.25. The van der Waals surface area contributed by atoms with Crippen molar-refractivity contribution in [2.75, 3.05) is 18.0 Å². The van der Waals surface area contributed by atoms with E-state index in [4.69, 9.17) is 0 Å². The van der Waals surface area contributed by atoms with Crippen LogP contribution in [0.15, 0.2) is 53.0 Å². The lowest BCUT2D eigenvalue weighted by molar-refractivity contribution is -0.534. The molecule has 0 aliphatic carbocycles. The van der Waals surface area contributed by atoms with Gasteiger partial charge in [0.1, 0.15) is 5.69 Å². The van der Waals surface area contributed by atoms with Gasteiger partial charge in [-0.15, -0.1) is 0 Å². The van der Waals surface area contributed by atoms with E-state index in [1.807, 2.05) is 29.2 Å². The van der Waals surface area contributed by atoms with E-state index in [2.05, 4.69) is 20.5 Å². The monoisotopic (exact) mass is 509 g/mol. The summed E-state index contributed by atoms with van der Waals surface area (Å²) in [5.41, 5.74) is 0.350. The number of non-ortho nitro benzene ring substituents is 1. The number of benzene rings is 2. The molecule has 8 heteroatoms. The smallest absolute Gasteiger partial charge is 0.275 e. The van der Waals surface area contributed by atoms with Gasteiger partial charge in [0.2, 0.25) is 0 Å². The van der Waals surface area contributed by atoms with E-state index in [0.717, 1.165) is 41.8 Å². The van der Waals surface area contributed by atoms with E-state index >= 15 is 0 Å². The van der Waals surface area contributed by atoms with Gasteiger partial charge in [0, 0.05) is 28.6 Å². The molecule has 1 atom stereocenters. The highest BCUT2D eigenvalue weighted by Gasteiger charge is 2.54. The van der Waals surface area contributed by atoms with Crippen LogP contribution in [-0.4, -0.2) is 33.5 Å². The molecule has 0 radical (unpaired) electrons. The Hall–Kier alpha value is -1.77. The van der Waals surface area contributed by atoms with Crippen LogP contribution in [-0.2, 0) is 5.72 Å². The second-order valence-electron chi connectivity index (χ2n) is 7.08. The van der Waals surface area contributed by atoms with E-state index in [0.29, 0.717) is 12.1 Å². The molecule has 0 saturated heterocycles. The number of aliphatic hydroxyl groups is 1. The first-order valence-electron chi connectivity index (χ1n) is 9.13. The molecule has 4 rings (SSSR count). The van der Waals surface area contributed by atoms with Crippen molar-refractivity contribution >= 4 is 33.1 Å². The first kappa shape index (κ1) is 21.0. The van der Waals surface area contributed by atoms with Gasteiger partial charge < -0.3 is 22.1 Å². The lowest BCUT2D eigenvalue weighted by Gasteiger charge is -2.29. The maximum absolute atomic E-state index is 11.8. The summed E-state index contributed by atoms with van der Waals surface area (Å²) in [4.78, 5) is 12.6. The van der Waals surface area contributed by atoms with Crippen molar-refractivity contribution in [3.63, 3.8) is 0 Å². The number of amidine groups is 1. The molecule has 0 spiro atoms. The molecule has 1 unspecified atom stereocenters. The van der Waals surface area contributed by atoms with Gasteiger partial charge in [0.15, 0.2) is 6.54 Å². The van der Waals surface area contributed by atoms with E-state index in [1.54, 1.807) is 12.1 Å². The Balaban J connectivity index is 0.00000225. The maximum Gasteiger partial charge on any atom is 0.275 e. The molecule has 0 saturated carbocycles. The molecular weight excluding hydrogens is 490 g/mol. The van der Waals surface area contributed by atoms with Crippen LogP contribution in [0.2, 0.25) is 0 Å². The van der Waals surface area contributed by atoms with E-state index < -0.39 is 10.6 Å².